The Hall–Kier alpha value is -6.35. The standard InChI is InChI=1S/C46H30N3OP/c50-51(35-18-8-3-9-19-35)42-23-13-11-21-38(42)44-43(51)29-28-37-36-20-10-12-22-41(36)49(45(37)44)34-26-24-32(25-27-34)40-30-39(31-14-4-1-5-15-31)47-46(48-40)33-16-6-2-7-17-33/h1-30H. The highest BCUT2D eigenvalue weighted by Gasteiger charge is 2.41. The predicted molar refractivity (Wildman–Crippen MR) is 211 cm³/mol. The Kier molecular flexibility index (Phi) is 6.74. The van der Waals surface area contributed by atoms with Gasteiger partial charge in [0.1, 0.15) is 0 Å². The molecule has 0 radical (unpaired) electrons. The molecule has 4 nitrogen and oxygen atoms in total. The van der Waals surface area contributed by atoms with E-state index in [9.17, 15) is 0 Å². The lowest BCUT2D eigenvalue weighted by Gasteiger charge is -2.16. The Balaban J connectivity index is 1.18. The van der Waals surface area contributed by atoms with Crippen LogP contribution in [0.5, 0.6) is 0 Å². The molecule has 0 fully saturated rings. The predicted octanol–water partition coefficient (Wildman–Crippen LogP) is 10.2. The second-order valence-corrected chi connectivity index (χ2v) is 15.6. The summed E-state index contributed by atoms with van der Waals surface area (Å²) in [6, 6.07) is 62.1. The third kappa shape index (κ3) is 4.58. The van der Waals surface area contributed by atoms with Crippen molar-refractivity contribution in [3.05, 3.63) is 182 Å². The summed E-state index contributed by atoms with van der Waals surface area (Å²) in [7, 11) is -3.10. The fraction of sp³-hybridized carbons (Fsp3) is 0. The summed E-state index contributed by atoms with van der Waals surface area (Å²) < 4.78 is 17.7. The highest BCUT2D eigenvalue weighted by Crippen LogP contribution is 2.54. The molecule has 0 saturated heterocycles. The fourth-order valence-electron chi connectivity index (χ4n) is 7.70. The molecule has 1 unspecified atom stereocenters. The van der Waals surface area contributed by atoms with Crippen molar-refractivity contribution in [1.29, 1.82) is 0 Å². The van der Waals surface area contributed by atoms with Gasteiger partial charge in [0.05, 0.1) is 22.4 Å². The third-order valence-corrected chi connectivity index (χ3v) is 13.2. The Morgan fingerprint density at radius 3 is 1.78 bits per heavy atom. The van der Waals surface area contributed by atoms with Gasteiger partial charge in [-0.15, -0.1) is 0 Å². The first-order valence-electron chi connectivity index (χ1n) is 17.1. The summed E-state index contributed by atoms with van der Waals surface area (Å²) >= 11 is 0. The molecule has 0 saturated carbocycles. The van der Waals surface area contributed by atoms with E-state index in [-0.39, 0.29) is 0 Å². The lowest BCUT2D eigenvalue weighted by Crippen LogP contribution is -2.20. The quantitative estimate of drug-likeness (QED) is 0.171. The summed E-state index contributed by atoms with van der Waals surface area (Å²) in [6.07, 6.45) is 0. The molecule has 9 aromatic rings. The van der Waals surface area contributed by atoms with E-state index in [1.807, 2.05) is 91.0 Å². The van der Waals surface area contributed by atoms with Crippen LogP contribution in [0, 0.1) is 0 Å². The van der Waals surface area contributed by atoms with Crippen LogP contribution in [-0.2, 0) is 4.57 Å². The first-order valence-corrected chi connectivity index (χ1v) is 18.8. The molecular weight excluding hydrogens is 642 g/mol. The number of rotatable bonds is 5. The van der Waals surface area contributed by atoms with E-state index in [0.29, 0.717) is 5.82 Å². The molecule has 1 aliphatic rings. The lowest BCUT2D eigenvalue weighted by atomic mass is 10.0. The molecule has 10 rings (SSSR count). The number of hydrogen-bond acceptors (Lipinski definition) is 3. The molecule has 2 aromatic heterocycles. The second-order valence-electron chi connectivity index (χ2n) is 12.9. The molecule has 5 heteroatoms. The van der Waals surface area contributed by atoms with Gasteiger partial charge < -0.3 is 9.13 Å². The Labute approximate surface area is 295 Å². The SMILES string of the molecule is O=P1(c2ccccc2)c2ccccc2-c2c1ccc1c3ccccc3n(-c3ccc(-c4cc(-c5ccccc5)nc(-c5ccccc5)n4)cc3)c21. The molecule has 0 amide bonds. The summed E-state index contributed by atoms with van der Waals surface area (Å²) in [5.74, 6) is 0.690. The fourth-order valence-corrected chi connectivity index (χ4v) is 10.8. The van der Waals surface area contributed by atoms with Gasteiger partial charge in [-0.2, -0.15) is 0 Å². The highest BCUT2D eigenvalue weighted by atomic mass is 31.2. The van der Waals surface area contributed by atoms with Gasteiger partial charge in [0.2, 0.25) is 0 Å². The molecular formula is C46H30N3OP. The van der Waals surface area contributed by atoms with Crippen molar-refractivity contribution in [2.75, 3.05) is 0 Å². The van der Waals surface area contributed by atoms with Gasteiger partial charge in [-0.05, 0) is 35.9 Å². The average molecular weight is 672 g/mol. The van der Waals surface area contributed by atoms with Crippen LogP contribution in [0.1, 0.15) is 0 Å². The maximum absolute atomic E-state index is 15.4. The van der Waals surface area contributed by atoms with Gasteiger partial charge in [-0.25, -0.2) is 9.97 Å². The van der Waals surface area contributed by atoms with Crippen LogP contribution in [0.3, 0.4) is 0 Å². The van der Waals surface area contributed by atoms with E-state index in [1.165, 1.54) is 0 Å². The van der Waals surface area contributed by atoms with E-state index >= 15 is 4.57 Å². The van der Waals surface area contributed by atoms with E-state index in [4.69, 9.17) is 9.97 Å². The maximum Gasteiger partial charge on any atom is 0.172 e. The molecule has 0 N–H and O–H groups in total. The summed E-state index contributed by atoms with van der Waals surface area (Å²) in [5, 5.41) is 4.95. The van der Waals surface area contributed by atoms with Gasteiger partial charge in [-0.3, -0.25) is 0 Å². The van der Waals surface area contributed by atoms with Crippen LogP contribution in [0.15, 0.2) is 182 Å². The van der Waals surface area contributed by atoms with Crippen LogP contribution >= 0.6 is 7.14 Å². The minimum Gasteiger partial charge on any atom is -0.309 e. The summed E-state index contributed by atoms with van der Waals surface area (Å²) in [4.78, 5) is 10.0. The number of fused-ring (bicyclic) bond motifs is 7. The Bertz CT molecular complexity index is 2750. The van der Waals surface area contributed by atoms with E-state index in [2.05, 4.69) is 95.6 Å². The van der Waals surface area contributed by atoms with Crippen molar-refractivity contribution >= 4 is 44.9 Å². The molecule has 240 valence electrons. The van der Waals surface area contributed by atoms with Crippen molar-refractivity contribution in [3.8, 4) is 50.7 Å². The number of benzene rings is 7. The minimum atomic E-state index is -3.10. The van der Waals surface area contributed by atoms with E-state index in [1.54, 1.807) is 0 Å². The highest BCUT2D eigenvalue weighted by molar-refractivity contribution is 7.86. The zero-order chi connectivity index (χ0) is 33.9. The van der Waals surface area contributed by atoms with Crippen molar-refractivity contribution in [2.45, 2.75) is 0 Å². The molecule has 51 heavy (non-hydrogen) atoms. The topological polar surface area (TPSA) is 47.8 Å². The maximum atomic E-state index is 15.4. The lowest BCUT2D eigenvalue weighted by molar-refractivity contribution is 0.593. The van der Waals surface area contributed by atoms with Gasteiger partial charge in [0, 0.05) is 54.6 Å². The van der Waals surface area contributed by atoms with Crippen molar-refractivity contribution < 1.29 is 4.57 Å². The molecule has 7 aromatic carbocycles. The average Bonchev–Trinajstić information content (AvgIpc) is 3.69. The van der Waals surface area contributed by atoms with Crippen LogP contribution in [0.25, 0.3) is 72.5 Å². The summed E-state index contributed by atoms with van der Waals surface area (Å²) in [5.41, 5.74) is 10.0. The van der Waals surface area contributed by atoms with Crippen LogP contribution in [-0.4, -0.2) is 14.5 Å². The summed E-state index contributed by atoms with van der Waals surface area (Å²) in [6.45, 7) is 0. The molecule has 0 bridgehead atoms. The second kappa shape index (κ2) is 11.6. The number of hydrogen-bond donors (Lipinski definition) is 0. The smallest absolute Gasteiger partial charge is 0.172 e. The molecule has 1 atom stereocenters. The van der Waals surface area contributed by atoms with Gasteiger partial charge in [-0.1, -0.05) is 152 Å². The number of para-hydroxylation sites is 1. The molecule has 3 heterocycles. The van der Waals surface area contributed by atoms with Crippen molar-refractivity contribution in [2.24, 2.45) is 0 Å². The van der Waals surface area contributed by atoms with Crippen LogP contribution < -0.4 is 15.9 Å². The third-order valence-electron chi connectivity index (χ3n) is 10.0. The monoisotopic (exact) mass is 671 g/mol. The Morgan fingerprint density at radius 1 is 0.471 bits per heavy atom. The largest absolute Gasteiger partial charge is 0.309 e. The molecule has 0 aliphatic carbocycles. The van der Waals surface area contributed by atoms with Crippen LogP contribution in [0.4, 0.5) is 0 Å². The van der Waals surface area contributed by atoms with Crippen molar-refractivity contribution in [3.63, 3.8) is 0 Å². The normalized spacial score (nSPS) is 14.8. The zero-order valence-electron chi connectivity index (χ0n) is 27.5. The van der Waals surface area contributed by atoms with Gasteiger partial charge in [0.15, 0.2) is 13.0 Å². The first kappa shape index (κ1) is 29.6. The molecule has 1 aliphatic heterocycles. The van der Waals surface area contributed by atoms with Gasteiger partial charge >= 0.3 is 0 Å². The number of nitrogens with zero attached hydrogens (tertiary/aromatic N) is 3. The van der Waals surface area contributed by atoms with E-state index < -0.39 is 7.14 Å². The van der Waals surface area contributed by atoms with E-state index in [0.717, 1.165) is 82.6 Å². The van der Waals surface area contributed by atoms with Crippen molar-refractivity contribution in [1.82, 2.24) is 14.5 Å². The zero-order valence-corrected chi connectivity index (χ0v) is 28.4. The minimum absolute atomic E-state index is 0.690. The van der Waals surface area contributed by atoms with Gasteiger partial charge in [0.25, 0.3) is 0 Å². The number of aromatic nitrogens is 3. The Morgan fingerprint density at radius 2 is 1.06 bits per heavy atom. The molecule has 0 spiro atoms. The first-order chi connectivity index (χ1) is 25.2. The van der Waals surface area contributed by atoms with Crippen LogP contribution in [0.2, 0.25) is 0 Å².